The van der Waals surface area contributed by atoms with Crippen LogP contribution in [0.3, 0.4) is 0 Å². The highest BCUT2D eigenvalue weighted by atomic mass is 15.3. The molecule has 0 aliphatic rings. The molecular formula is C14H19N7. The molecule has 3 aromatic heterocycles. The second-order valence-corrected chi connectivity index (χ2v) is 5.24. The molecule has 3 aromatic rings. The van der Waals surface area contributed by atoms with E-state index in [2.05, 4.69) is 38.6 Å². The lowest BCUT2D eigenvalue weighted by molar-refractivity contribution is 0.519. The normalized spacial score (nSPS) is 11.4. The number of nitrogens with zero attached hydrogens (tertiary/aromatic N) is 6. The van der Waals surface area contributed by atoms with Crippen LogP contribution in [0.5, 0.6) is 0 Å². The number of fused-ring (bicyclic) bond motifs is 1. The molecule has 0 atom stereocenters. The molecule has 0 fully saturated rings. The van der Waals surface area contributed by atoms with Crippen molar-refractivity contribution in [1.29, 1.82) is 0 Å². The van der Waals surface area contributed by atoms with Gasteiger partial charge in [0, 0.05) is 18.8 Å². The van der Waals surface area contributed by atoms with E-state index in [4.69, 9.17) is 5.73 Å². The monoisotopic (exact) mass is 285 g/mol. The Labute approximate surface area is 122 Å². The molecule has 0 aliphatic carbocycles. The Morgan fingerprint density at radius 2 is 1.90 bits per heavy atom. The molecule has 7 heteroatoms. The van der Waals surface area contributed by atoms with E-state index in [1.54, 1.807) is 6.33 Å². The largest absolute Gasteiger partial charge is 0.382 e. The van der Waals surface area contributed by atoms with Gasteiger partial charge in [0.05, 0.1) is 12.0 Å². The number of anilines is 1. The van der Waals surface area contributed by atoms with Crippen LogP contribution in [0.1, 0.15) is 23.4 Å². The summed E-state index contributed by atoms with van der Waals surface area (Å²) in [6.45, 7) is 7.96. The van der Waals surface area contributed by atoms with Gasteiger partial charge in [0.1, 0.15) is 11.8 Å². The van der Waals surface area contributed by atoms with Gasteiger partial charge >= 0.3 is 0 Å². The molecule has 2 N–H and O–H groups in total. The van der Waals surface area contributed by atoms with Gasteiger partial charge in [-0.15, -0.1) is 0 Å². The number of aromatic nitrogens is 6. The maximum absolute atomic E-state index is 5.79. The Morgan fingerprint density at radius 3 is 2.62 bits per heavy atom. The van der Waals surface area contributed by atoms with E-state index in [-0.39, 0.29) is 0 Å². The van der Waals surface area contributed by atoms with Crippen LogP contribution >= 0.6 is 0 Å². The van der Waals surface area contributed by atoms with Crippen molar-refractivity contribution in [2.24, 2.45) is 0 Å². The summed E-state index contributed by atoms with van der Waals surface area (Å²) < 4.78 is 4.07. The van der Waals surface area contributed by atoms with Gasteiger partial charge in [0.15, 0.2) is 11.5 Å². The number of imidazole rings is 1. The van der Waals surface area contributed by atoms with Crippen LogP contribution in [0.25, 0.3) is 11.2 Å². The van der Waals surface area contributed by atoms with Crippen LogP contribution in [-0.2, 0) is 13.1 Å². The van der Waals surface area contributed by atoms with Crippen LogP contribution in [0, 0.1) is 20.8 Å². The minimum Gasteiger partial charge on any atom is -0.382 e. The molecule has 110 valence electrons. The summed E-state index contributed by atoms with van der Waals surface area (Å²) >= 11 is 0. The fraction of sp³-hybridized carbons (Fsp3) is 0.429. The minimum absolute atomic E-state index is 0.424. The topological polar surface area (TPSA) is 87.4 Å². The molecular weight excluding hydrogens is 266 g/mol. The Morgan fingerprint density at radius 1 is 1.10 bits per heavy atom. The summed E-state index contributed by atoms with van der Waals surface area (Å²) in [5.74, 6) is 0.424. The maximum Gasteiger partial charge on any atom is 0.165 e. The zero-order valence-electron chi connectivity index (χ0n) is 12.5. The lowest BCUT2D eigenvalue weighted by Gasteiger charge is -2.06. The number of hydrogen-bond acceptors (Lipinski definition) is 5. The van der Waals surface area contributed by atoms with Gasteiger partial charge in [-0.3, -0.25) is 4.68 Å². The first-order valence-electron chi connectivity index (χ1n) is 7.00. The highest BCUT2D eigenvalue weighted by Gasteiger charge is 2.09. The molecule has 0 saturated heterocycles. The average Bonchev–Trinajstić information content (AvgIpc) is 2.98. The number of rotatable bonds is 4. The highest BCUT2D eigenvalue weighted by molar-refractivity contribution is 5.80. The third-order valence-electron chi connectivity index (χ3n) is 3.94. The van der Waals surface area contributed by atoms with Gasteiger partial charge in [-0.25, -0.2) is 15.0 Å². The third-order valence-corrected chi connectivity index (χ3v) is 3.94. The van der Waals surface area contributed by atoms with Gasteiger partial charge in [0.25, 0.3) is 0 Å². The summed E-state index contributed by atoms with van der Waals surface area (Å²) in [7, 11) is 0. The summed E-state index contributed by atoms with van der Waals surface area (Å²) in [5, 5.41) is 4.55. The molecule has 0 unspecified atom stereocenters. The van der Waals surface area contributed by atoms with Gasteiger partial charge in [-0.1, -0.05) is 0 Å². The van der Waals surface area contributed by atoms with Gasteiger partial charge in [0.2, 0.25) is 0 Å². The first-order chi connectivity index (χ1) is 10.1. The zero-order valence-corrected chi connectivity index (χ0v) is 12.5. The van der Waals surface area contributed by atoms with Crippen molar-refractivity contribution in [1.82, 2.24) is 29.3 Å². The quantitative estimate of drug-likeness (QED) is 0.787. The average molecular weight is 285 g/mol. The van der Waals surface area contributed by atoms with Crippen LogP contribution in [0.15, 0.2) is 12.7 Å². The molecule has 0 bridgehead atoms. The highest BCUT2D eigenvalue weighted by Crippen LogP contribution is 2.15. The Kier molecular flexibility index (Phi) is 3.32. The standard InChI is InChI=1S/C14H19N7/c1-9-10(2)19-21(11(9)3)6-4-5-20-8-18-12-13(15)16-7-17-14(12)20/h7-8H,4-6H2,1-3H3,(H2,15,16,17). The number of nitrogens with two attached hydrogens (primary N) is 1. The zero-order chi connectivity index (χ0) is 15.0. The molecule has 0 spiro atoms. The van der Waals surface area contributed by atoms with Crippen LogP contribution in [-0.4, -0.2) is 29.3 Å². The van der Waals surface area contributed by atoms with E-state index in [1.807, 2.05) is 11.5 Å². The van der Waals surface area contributed by atoms with Crippen molar-refractivity contribution >= 4 is 17.0 Å². The Bertz CT molecular complexity index is 784. The van der Waals surface area contributed by atoms with Crippen molar-refractivity contribution in [3.63, 3.8) is 0 Å². The minimum atomic E-state index is 0.424. The maximum atomic E-state index is 5.79. The molecule has 21 heavy (non-hydrogen) atoms. The van der Waals surface area contributed by atoms with Crippen LogP contribution < -0.4 is 5.73 Å². The van der Waals surface area contributed by atoms with Crippen molar-refractivity contribution in [2.75, 3.05) is 5.73 Å². The summed E-state index contributed by atoms with van der Waals surface area (Å²) in [6.07, 6.45) is 4.19. The molecule has 7 nitrogen and oxygen atoms in total. The van der Waals surface area contributed by atoms with Crippen molar-refractivity contribution < 1.29 is 0 Å². The predicted molar refractivity (Wildman–Crippen MR) is 80.8 cm³/mol. The molecule has 3 rings (SSSR count). The molecule has 0 saturated carbocycles. The van der Waals surface area contributed by atoms with Crippen molar-refractivity contribution in [2.45, 2.75) is 40.3 Å². The van der Waals surface area contributed by atoms with Crippen molar-refractivity contribution in [3.05, 3.63) is 29.6 Å². The van der Waals surface area contributed by atoms with E-state index in [9.17, 15) is 0 Å². The lowest BCUT2D eigenvalue weighted by Crippen LogP contribution is -2.07. The van der Waals surface area contributed by atoms with E-state index >= 15 is 0 Å². The SMILES string of the molecule is Cc1nn(CCCn2cnc3c(N)ncnc32)c(C)c1C. The molecule has 0 aliphatic heterocycles. The first kappa shape index (κ1) is 13.5. The number of hydrogen-bond donors (Lipinski definition) is 1. The fourth-order valence-electron chi connectivity index (χ4n) is 2.46. The van der Waals surface area contributed by atoms with Crippen molar-refractivity contribution in [3.8, 4) is 0 Å². The predicted octanol–water partition coefficient (Wildman–Crippen LogP) is 1.62. The Balaban J connectivity index is 1.72. The fourth-order valence-corrected chi connectivity index (χ4v) is 2.46. The summed E-state index contributed by atoms with van der Waals surface area (Å²) in [4.78, 5) is 12.5. The smallest absolute Gasteiger partial charge is 0.165 e. The van der Waals surface area contributed by atoms with E-state index < -0.39 is 0 Å². The first-order valence-corrected chi connectivity index (χ1v) is 7.00. The van der Waals surface area contributed by atoms with Crippen LogP contribution in [0.2, 0.25) is 0 Å². The summed E-state index contributed by atoms with van der Waals surface area (Å²) in [5.41, 5.74) is 10.8. The molecule has 0 aromatic carbocycles. The molecule has 0 amide bonds. The molecule has 3 heterocycles. The van der Waals surface area contributed by atoms with Gasteiger partial charge in [-0.05, 0) is 32.8 Å². The second kappa shape index (κ2) is 5.16. The number of aryl methyl sites for hydroxylation is 3. The summed E-state index contributed by atoms with van der Waals surface area (Å²) in [6, 6.07) is 0. The van der Waals surface area contributed by atoms with Gasteiger partial charge in [-0.2, -0.15) is 5.10 Å². The second-order valence-electron chi connectivity index (χ2n) is 5.24. The van der Waals surface area contributed by atoms with Gasteiger partial charge < -0.3 is 10.3 Å². The molecule has 0 radical (unpaired) electrons. The van der Waals surface area contributed by atoms with E-state index in [0.717, 1.165) is 30.9 Å². The van der Waals surface area contributed by atoms with E-state index in [1.165, 1.54) is 17.6 Å². The number of nitrogen functional groups attached to an aromatic ring is 1. The third kappa shape index (κ3) is 2.35. The van der Waals surface area contributed by atoms with Crippen LogP contribution in [0.4, 0.5) is 5.82 Å². The Hall–Kier alpha value is -2.44. The van der Waals surface area contributed by atoms with E-state index in [0.29, 0.717) is 11.3 Å². The lowest BCUT2D eigenvalue weighted by atomic mass is 10.2.